The van der Waals surface area contributed by atoms with Crippen molar-refractivity contribution in [2.24, 2.45) is 0 Å². The largest absolute Gasteiger partial charge is 0.478 e. The fraction of sp³-hybridized carbons (Fsp3) is 0.583. The van der Waals surface area contributed by atoms with Gasteiger partial charge < -0.3 is 15.3 Å². The van der Waals surface area contributed by atoms with Crippen LogP contribution in [0, 0.1) is 6.92 Å². The number of aromatic carboxylic acids is 1. The highest BCUT2D eigenvalue weighted by molar-refractivity contribution is 5.88. The van der Waals surface area contributed by atoms with E-state index in [-0.39, 0.29) is 5.56 Å². The summed E-state index contributed by atoms with van der Waals surface area (Å²) in [6.45, 7) is 3.70. The van der Waals surface area contributed by atoms with Gasteiger partial charge in [0, 0.05) is 19.3 Å². The smallest absolute Gasteiger partial charge is 0.339 e. The number of aromatic nitrogens is 2. The second kappa shape index (κ2) is 5.30. The average molecular weight is 250 g/mol. The molecule has 1 aromatic rings. The highest BCUT2D eigenvalue weighted by Crippen LogP contribution is 2.17. The molecule has 2 N–H and O–H groups in total. The lowest BCUT2D eigenvalue weighted by Gasteiger charge is -2.31. The van der Waals surface area contributed by atoms with E-state index in [0.29, 0.717) is 17.7 Å². The number of hydrogen-bond acceptors (Lipinski definition) is 5. The Morgan fingerprint density at radius 2 is 2.17 bits per heavy atom. The van der Waals surface area contributed by atoms with Crippen molar-refractivity contribution in [3.8, 4) is 0 Å². The second-order valence-electron chi connectivity index (χ2n) is 4.57. The molecule has 0 atom stereocenters. The van der Waals surface area contributed by atoms with Crippen LogP contribution < -0.4 is 10.2 Å². The third-order valence-electron chi connectivity index (χ3n) is 3.37. The van der Waals surface area contributed by atoms with E-state index in [1.54, 1.807) is 6.92 Å². The number of carboxylic acids is 1. The summed E-state index contributed by atoms with van der Waals surface area (Å²) in [4.78, 5) is 21.4. The fourth-order valence-electron chi connectivity index (χ4n) is 2.19. The highest BCUT2D eigenvalue weighted by Gasteiger charge is 2.20. The van der Waals surface area contributed by atoms with Crippen molar-refractivity contribution in [2.75, 3.05) is 25.0 Å². The molecule has 18 heavy (non-hydrogen) atoms. The van der Waals surface area contributed by atoms with Gasteiger partial charge in [-0.25, -0.2) is 14.8 Å². The van der Waals surface area contributed by atoms with E-state index >= 15 is 0 Å². The average Bonchev–Trinajstić information content (AvgIpc) is 2.38. The summed E-state index contributed by atoms with van der Waals surface area (Å²) in [6.07, 6.45) is 3.50. The van der Waals surface area contributed by atoms with E-state index in [2.05, 4.69) is 15.3 Å². The van der Waals surface area contributed by atoms with Gasteiger partial charge in [0.1, 0.15) is 0 Å². The second-order valence-corrected chi connectivity index (χ2v) is 4.57. The third-order valence-corrected chi connectivity index (χ3v) is 3.37. The summed E-state index contributed by atoms with van der Waals surface area (Å²) in [5.41, 5.74) is 0.672. The summed E-state index contributed by atoms with van der Waals surface area (Å²) >= 11 is 0. The van der Waals surface area contributed by atoms with Crippen LogP contribution in [0.1, 0.15) is 28.9 Å². The molecule has 0 bridgehead atoms. The highest BCUT2D eigenvalue weighted by atomic mass is 16.4. The maximum atomic E-state index is 10.9. The van der Waals surface area contributed by atoms with Crippen molar-refractivity contribution in [2.45, 2.75) is 25.8 Å². The summed E-state index contributed by atoms with van der Waals surface area (Å²) in [5.74, 6) is -0.382. The number of hydrogen-bond donors (Lipinski definition) is 2. The lowest BCUT2D eigenvalue weighted by atomic mass is 10.1. The minimum atomic E-state index is -0.983. The van der Waals surface area contributed by atoms with Gasteiger partial charge in [-0.3, -0.25) is 0 Å². The van der Waals surface area contributed by atoms with Crippen LogP contribution in [0.25, 0.3) is 0 Å². The van der Waals surface area contributed by atoms with E-state index < -0.39 is 5.97 Å². The Kier molecular flexibility index (Phi) is 3.76. The molecule has 0 aliphatic carbocycles. The molecule has 0 unspecified atom stereocenters. The number of nitrogens with one attached hydrogen (secondary N) is 1. The van der Waals surface area contributed by atoms with Gasteiger partial charge in [-0.15, -0.1) is 0 Å². The first-order valence-corrected chi connectivity index (χ1v) is 6.10. The van der Waals surface area contributed by atoms with Crippen LogP contribution in [0.3, 0.4) is 0 Å². The molecule has 1 aliphatic heterocycles. The number of piperidine rings is 1. The number of rotatable bonds is 3. The van der Waals surface area contributed by atoms with E-state index in [0.717, 1.165) is 25.9 Å². The number of carboxylic acid groups (broad SMARTS) is 1. The maximum absolute atomic E-state index is 10.9. The molecule has 98 valence electrons. The molecule has 0 saturated carbocycles. The van der Waals surface area contributed by atoms with Crippen LogP contribution in [0.5, 0.6) is 0 Å². The van der Waals surface area contributed by atoms with Gasteiger partial charge in [-0.1, -0.05) is 0 Å². The van der Waals surface area contributed by atoms with Crippen LogP contribution in [-0.2, 0) is 0 Å². The zero-order valence-electron chi connectivity index (χ0n) is 10.7. The Hall–Kier alpha value is -1.69. The molecule has 2 rings (SSSR count). The number of aryl methyl sites for hydroxylation is 1. The van der Waals surface area contributed by atoms with Crippen LogP contribution in [0.15, 0.2) is 6.20 Å². The Labute approximate surface area is 106 Å². The molecule has 1 saturated heterocycles. The van der Waals surface area contributed by atoms with Gasteiger partial charge in [-0.05, 0) is 32.9 Å². The molecule has 0 radical (unpaired) electrons. The fourth-order valence-corrected chi connectivity index (χ4v) is 2.19. The minimum absolute atomic E-state index is 0.164. The van der Waals surface area contributed by atoms with Gasteiger partial charge in [0.25, 0.3) is 0 Å². The Morgan fingerprint density at radius 3 is 2.72 bits per heavy atom. The lowest BCUT2D eigenvalue weighted by Crippen LogP contribution is -2.42. The standard InChI is InChI=1S/C12H18N4O2/c1-8-10(11(17)18)7-14-12(15-8)16(2)9-3-5-13-6-4-9/h7,9,13H,3-6H2,1-2H3,(H,17,18). The lowest BCUT2D eigenvalue weighted by molar-refractivity contribution is 0.0695. The SMILES string of the molecule is Cc1nc(N(C)C2CCNCC2)ncc1C(=O)O. The van der Waals surface area contributed by atoms with E-state index in [9.17, 15) is 4.79 Å². The predicted molar refractivity (Wildman–Crippen MR) is 68.0 cm³/mol. The van der Waals surface area contributed by atoms with Gasteiger partial charge in [0.05, 0.1) is 11.3 Å². The van der Waals surface area contributed by atoms with E-state index in [1.807, 2.05) is 11.9 Å². The van der Waals surface area contributed by atoms with Gasteiger partial charge >= 0.3 is 5.97 Å². The molecule has 1 aromatic heterocycles. The third kappa shape index (κ3) is 2.59. The van der Waals surface area contributed by atoms with Crippen molar-refractivity contribution < 1.29 is 9.90 Å². The molecule has 1 aliphatic rings. The summed E-state index contributed by atoms with van der Waals surface area (Å²) in [5, 5.41) is 12.3. The minimum Gasteiger partial charge on any atom is -0.478 e. The summed E-state index contributed by atoms with van der Waals surface area (Å²) in [7, 11) is 1.96. The van der Waals surface area contributed by atoms with Crippen LogP contribution >= 0.6 is 0 Å². The molecule has 2 heterocycles. The zero-order chi connectivity index (χ0) is 13.1. The van der Waals surface area contributed by atoms with E-state index in [4.69, 9.17) is 5.11 Å². The monoisotopic (exact) mass is 250 g/mol. The maximum Gasteiger partial charge on any atom is 0.339 e. The predicted octanol–water partition coefficient (Wildman–Crippen LogP) is 0.671. The summed E-state index contributed by atoms with van der Waals surface area (Å²) < 4.78 is 0. The van der Waals surface area contributed by atoms with Gasteiger partial charge in [0.2, 0.25) is 5.95 Å². The molecule has 0 amide bonds. The van der Waals surface area contributed by atoms with Crippen LogP contribution in [0.2, 0.25) is 0 Å². The van der Waals surface area contributed by atoms with Crippen molar-refractivity contribution in [1.29, 1.82) is 0 Å². The molecule has 0 spiro atoms. The normalized spacial score (nSPS) is 16.6. The van der Waals surface area contributed by atoms with Crippen molar-refractivity contribution in [3.63, 3.8) is 0 Å². The topological polar surface area (TPSA) is 78.4 Å². The first-order valence-electron chi connectivity index (χ1n) is 6.10. The van der Waals surface area contributed by atoms with Gasteiger partial charge in [0.15, 0.2) is 0 Å². The molecule has 0 aromatic carbocycles. The molecular formula is C12H18N4O2. The Morgan fingerprint density at radius 1 is 1.50 bits per heavy atom. The quantitative estimate of drug-likeness (QED) is 0.821. The Bertz CT molecular complexity index is 444. The van der Waals surface area contributed by atoms with Crippen molar-refractivity contribution in [3.05, 3.63) is 17.5 Å². The van der Waals surface area contributed by atoms with Crippen molar-refractivity contribution >= 4 is 11.9 Å². The molecule has 1 fully saturated rings. The van der Waals surface area contributed by atoms with E-state index in [1.165, 1.54) is 6.20 Å². The number of carbonyl (C=O) groups is 1. The molecule has 6 heteroatoms. The summed E-state index contributed by atoms with van der Waals surface area (Å²) in [6, 6.07) is 0.418. The molecular weight excluding hydrogens is 232 g/mol. The molecule has 6 nitrogen and oxygen atoms in total. The first kappa shape index (κ1) is 12.8. The van der Waals surface area contributed by atoms with Crippen LogP contribution in [-0.4, -0.2) is 47.2 Å². The zero-order valence-corrected chi connectivity index (χ0v) is 10.7. The first-order chi connectivity index (χ1) is 8.59. The van der Waals surface area contributed by atoms with Crippen molar-refractivity contribution in [1.82, 2.24) is 15.3 Å². The number of nitrogens with zero attached hydrogens (tertiary/aromatic N) is 3. The number of anilines is 1. The van der Waals surface area contributed by atoms with Gasteiger partial charge in [-0.2, -0.15) is 0 Å². The van der Waals surface area contributed by atoms with Crippen LogP contribution in [0.4, 0.5) is 5.95 Å². The Balaban J connectivity index is 2.17.